The molecule has 0 bridgehead atoms. The third-order valence-corrected chi connectivity index (χ3v) is 6.17. The zero-order valence-electron chi connectivity index (χ0n) is 19.0. The number of hydrogen-bond acceptors (Lipinski definition) is 6. The van der Waals surface area contributed by atoms with Gasteiger partial charge >= 0.3 is 0 Å². The van der Waals surface area contributed by atoms with Crippen molar-refractivity contribution in [2.45, 2.75) is 31.8 Å². The number of ether oxygens (including phenoxy) is 2. The largest absolute Gasteiger partial charge is 0.481 e. The molecule has 1 fully saturated rings. The highest BCUT2D eigenvalue weighted by molar-refractivity contribution is 5.74. The van der Waals surface area contributed by atoms with Gasteiger partial charge in [0.05, 0.1) is 24.6 Å². The van der Waals surface area contributed by atoms with E-state index in [2.05, 4.69) is 15.0 Å². The van der Waals surface area contributed by atoms with Gasteiger partial charge in [-0.25, -0.2) is 23.7 Å². The fourth-order valence-electron chi connectivity index (χ4n) is 4.34. The van der Waals surface area contributed by atoms with Gasteiger partial charge in [-0.05, 0) is 43.5 Å². The summed E-state index contributed by atoms with van der Waals surface area (Å²) >= 11 is 0. The monoisotopic (exact) mass is 482 g/mol. The summed E-state index contributed by atoms with van der Waals surface area (Å²) in [7, 11) is 1.53. The summed E-state index contributed by atoms with van der Waals surface area (Å²) in [6, 6.07) is 6.68. The molecule has 0 N–H and O–H groups in total. The first-order valence-corrected chi connectivity index (χ1v) is 11.0. The minimum Gasteiger partial charge on any atom is -0.481 e. The molecule has 4 heterocycles. The number of aromatic nitrogens is 4. The van der Waals surface area contributed by atoms with Crippen LogP contribution in [0.4, 0.5) is 13.2 Å². The van der Waals surface area contributed by atoms with Crippen LogP contribution in [0.3, 0.4) is 0 Å². The second-order valence-electron chi connectivity index (χ2n) is 8.36. The van der Waals surface area contributed by atoms with E-state index < -0.39 is 23.0 Å². The predicted molar refractivity (Wildman–Crippen MR) is 121 cm³/mol. The summed E-state index contributed by atoms with van der Waals surface area (Å²) in [6.45, 7) is 1.76. The van der Waals surface area contributed by atoms with Crippen molar-refractivity contribution in [1.29, 1.82) is 0 Å². The van der Waals surface area contributed by atoms with Crippen LogP contribution < -0.4 is 10.3 Å². The maximum absolute atomic E-state index is 14.8. The van der Waals surface area contributed by atoms with E-state index in [1.54, 1.807) is 12.3 Å². The van der Waals surface area contributed by atoms with Crippen molar-refractivity contribution < 1.29 is 22.6 Å². The van der Waals surface area contributed by atoms with Crippen LogP contribution in [0.5, 0.6) is 5.88 Å². The molecule has 0 unspecified atom stereocenters. The first kappa shape index (κ1) is 23.0. The minimum atomic E-state index is -1.00. The van der Waals surface area contributed by atoms with Crippen LogP contribution >= 0.6 is 0 Å². The quantitative estimate of drug-likeness (QED) is 0.426. The van der Waals surface area contributed by atoms with Gasteiger partial charge in [0.25, 0.3) is 5.56 Å². The summed E-state index contributed by atoms with van der Waals surface area (Å²) in [5.74, 6) is -2.34. The number of hydrogen-bond donors (Lipinski definition) is 0. The van der Waals surface area contributed by atoms with Gasteiger partial charge < -0.3 is 9.47 Å². The topological polar surface area (TPSA) is 78.6 Å². The first-order chi connectivity index (χ1) is 16.9. The molecular weight excluding hydrogens is 461 g/mol. The standard InChI is InChI=1S/C25H21F3N4O3/c1-13-22(28)25(33)32-12-19(31-23(24(32)30-13)17-4-3-16(26)11-18(17)27)14-6-8-35-20(9-14)15-5-7-29-21(10-15)34-2/h3-5,7,10-12,14,20H,6,8-9H2,1-2H3/t14-,20+/m0/s1. The van der Waals surface area contributed by atoms with E-state index in [4.69, 9.17) is 9.47 Å². The zero-order valence-corrected chi connectivity index (χ0v) is 19.0. The molecule has 1 aliphatic rings. The normalized spacial score (nSPS) is 18.1. The van der Waals surface area contributed by atoms with Crippen molar-refractivity contribution in [2.75, 3.05) is 13.7 Å². The first-order valence-electron chi connectivity index (χ1n) is 11.0. The molecule has 0 spiro atoms. The summed E-state index contributed by atoms with van der Waals surface area (Å²) in [6.07, 6.45) is 3.87. The fourth-order valence-corrected chi connectivity index (χ4v) is 4.34. The smallest absolute Gasteiger partial charge is 0.294 e. The lowest BCUT2D eigenvalue weighted by molar-refractivity contribution is 0.00442. The highest BCUT2D eigenvalue weighted by atomic mass is 19.1. The Morgan fingerprint density at radius 3 is 2.74 bits per heavy atom. The van der Waals surface area contributed by atoms with Gasteiger partial charge in [0.1, 0.15) is 17.3 Å². The Morgan fingerprint density at radius 2 is 1.97 bits per heavy atom. The number of halogens is 3. The number of pyridine rings is 1. The predicted octanol–water partition coefficient (Wildman–Crippen LogP) is 4.52. The Balaban J connectivity index is 1.64. The van der Waals surface area contributed by atoms with E-state index in [0.29, 0.717) is 31.0 Å². The minimum absolute atomic E-state index is 0.00867. The molecule has 2 atom stereocenters. The zero-order chi connectivity index (χ0) is 24.7. The van der Waals surface area contributed by atoms with Gasteiger partial charge in [-0.2, -0.15) is 4.39 Å². The summed E-state index contributed by atoms with van der Waals surface area (Å²) < 4.78 is 55.0. The van der Waals surface area contributed by atoms with Crippen LogP contribution in [0.2, 0.25) is 0 Å². The molecule has 0 amide bonds. The van der Waals surface area contributed by atoms with Crippen LogP contribution in [0.25, 0.3) is 16.9 Å². The number of methoxy groups -OCH3 is 1. The second-order valence-corrected chi connectivity index (χ2v) is 8.36. The highest BCUT2D eigenvalue weighted by Crippen LogP contribution is 2.38. The van der Waals surface area contributed by atoms with Crippen molar-refractivity contribution in [2.24, 2.45) is 0 Å². The fraction of sp³-hybridized carbons (Fsp3) is 0.280. The average molecular weight is 482 g/mol. The number of nitrogens with zero attached hydrogens (tertiary/aromatic N) is 4. The molecular formula is C25H21F3N4O3. The number of aryl methyl sites for hydroxylation is 1. The van der Waals surface area contributed by atoms with E-state index in [0.717, 1.165) is 22.1 Å². The van der Waals surface area contributed by atoms with E-state index in [1.165, 1.54) is 26.3 Å². The van der Waals surface area contributed by atoms with Crippen molar-refractivity contribution in [3.63, 3.8) is 0 Å². The van der Waals surface area contributed by atoms with Crippen LogP contribution in [-0.2, 0) is 4.74 Å². The molecule has 0 aliphatic carbocycles. The van der Waals surface area contributed by atoms with Gasteiger partial charge in [0, 0.05) is 42.6 Å². The second kappa shape index (κ2) is 9.10. The lowest BCUT2D eigenvalue weighted by Crippen LogP contribution is -2.24. The number of fused-ring (bicyclic) bond motifs is 1. The van der Waals surface area contributed by atoms with Gasteiger partial charge in [0.2, 0.25) is 11.7 Å². The van der Waals surface area contributed by atoms with Crippen LogP contribution in [0.1, 0.15) is 41.8 Å². The number of benzene rings is 1. The Labute approximate surface area is 198 Å². The van der Waals surface area contributed by atoms with Gasteiger partial charge in [-0.3, -0.25) is 9.20 Å². The van der Waals surface area contributed by atoms with Crippen molar-refractivity contribution in [1.82, 2.24) is 19.4 Å². The summed E-state index contributed by atoms with van der Waals surface area (Å²) in [4.78, 5) is 25.7. The van der Waals surface area contributed by atoms with Crippen LogP contribution in [0.15, 0.2) is 47.5 Å². The summed E-state index contributed by atoms with van der Waals surface area (Å²) in [5.41, 5.74) is 0.268. The molecule has 180 valence electrons. The van der Waals surface area contributed by atoms with Crippen molar-refractivity contribution in [3.8, 4) is 17.1 Å². The SMILES string of the molecule is COc1cc([C@H]2C[C@@H](c3cn4c(=O)c(F)c(C)nc4c(-c4ccc(F)cc4F)n3)CCO2)ccn1. The Bertz CT molecular complexity index is 1490. The molecule has 35 heavy (non-hydrogen) atoms. The maximum Gasteiger partial charge on any atom is 0.294 e. The van der Waals surface area contributed by atoms with Crippen LogP contribution in [-0.4, -0.2) is 33.1 Å². The average Bonchev–Trinajstić information content (AvgIpc) is 2.87. The summed E-state index contributed by atoms with van der Waals surface area (Å²) in [5, 5.41) is 0. The Morgan fingerprint density at radius 1 is 1.14 bits per heavy atom. The van der Waals surface area contributed by atoms with Crippen LogP contribution in [0, 0.1) is 24.4 Å². The third kappa shape index (κ3) is 4.25. The third-order valence-electron chi connectivity index (χ3n) is 6.17. The molecule has 0 saturated carbocycles. The molecule has 1 aliphatic heterocycles. The van der Waals surface area contributed by atoms with Crippen molar-refractivity contribution in [3.05, 3.63) is 87.5 Å². The molecule has 3 aromatic heterocycles. The molecule has 4 aromatic rings. The molecule has 5 rings (SSSR count). The van der Waals surface area contributed by atoms with Gasteiger partial charge in [-0.15, -0.1) is 0 Å². The van der Waals surface area contributed by atoms with E-state index in [9.17, 15) is 18.0 Å². The molecule has 1 aromatic carbocycles. The molecule has 0 radical (unpaired) electrons. The van der Waals surface area contributed by atoms with E-state index >= 15 is 0 Å². The maximum atomic E-state index is 14.8. The van der Waals surface area contributed by atoms with E-state index in [-0.39, 0.29) is 34.6 Å². The lowest BCUT2D eigenvalue weighted by Gasteiger charge is -2.30. The van der Waals surface area contributed by atoms with Crippen molar-refractivity contribution >= 4 is 5.65 Å². The number of rotatable bonds is 4. The Kier molecular flexibility index (Phi) is 5.98. The van der Waals surface area contributed by atoms with E-state index in [1.807, 2.05) is 6.07 Å². The van der Waals surface area contributed by atoms with Gasteiger partial charge in [0.15, 0.2) is 5.65 Å². The molecule has 1 saturated heterocycles. The molecule has 7 nitrogen and oxygen atoms in total. The highest BCUT2D eigenvalue weighted by Gasteiger charge is 2.28. The molecule has 10 heteroatoms. The van der Waals surface area contributed by atoms with Gasteiger partial charge in [-0.1, -0.05) is 0 Å². The lowest BCUT2D eigenvalue weighted by atomic mass is 9.89. The Hall–Kier alpha value is -3.79.